The fraction of sp³-hybridized carbons (Fsp3) is 0.333. The predicted octanol–water partition coefficient (Wildman–Crippen LogP) is 3.15. The van der Waals surface area contributed by atoms with Crippen molar-refractivity contribution in [2.75, 3.05) is 20.6 Å². The Bertz CT molecular complexity index is 594. The van der Waals surface area contributed by atoms with Crippen LogP contribution in [0.3, 0.4) is 0 Å². The van der Waals surface area contributed by atoms with Crippen LogP contribution in [0, 0.1) is 0 Å². The summed E-state index contributed by atoms with van der Waals surface area (Å²) in [7, 11) is 3.95. The largest absolute Gasteiger partial charge is 0.308 e. The molecule has 0 fully saturated rings. The molecular weight excluding hydrogens is 350 g/mol. The lowest BCUT2D eigenvalue weighted by Crippen LogP contribution is -2.21. The van der Waals surface area contributed by atoms with Crippen LogP contribution in [0.15, 0.2) is 22.1 Å². The maximum absolute atomic E-state index is 12.4. The smallest absolute Gasteiger partial charge is 0.222 e. The molecule has 0 amide bonds. The number of likely N-dealkylation sites (N-methyl/N-ethyl adjacent to an activating group) is 1. The first kappa shape index (κ1) is 14.7. The minimum atomic E-state index is -0.0862. The van der Waals surface area contributed by atoms with Gasteiger partial charge in [-0.05, 0) is 42.2 Å². The monoisotopic (exact) mass is 361 g/mol. The van der Waals surface area contributed by atoms with Gasteiger partial charge in [-0.1, -0.05) is 11.6 Å². The van der Waals surface area contributed by atoms with Crippen molar-refractivity contribution in [1.82, 2.24) is 14.7 Å². The molecule has 0 aliphatic carbocycles. The number of ketones is 1. The molecule has 2 aromatic rings. The van der Waals surface area contributed by atoms with Gasteiger partial charge in [0.2, 0.25) is 5.78 Å². The lowest BCUT2D eigenvalue weighted by Gasteiger charge is -2.11. The fourth-order valence-electron chi connectivity index (χ4n) is 1.61. The molecule has 0 saturated carbocycles. The highest BCUT2D eigenvalue weighted by atomic mass is 79.9. The summed E-state index contributed by atoms with van der Waals surface area (Å²) in [4.78, 5) is 15.1. The van der Waals surface area contributed by atoms with Crippen molar-refractivity contribution in [3.8, 4) is 0 Å². The van der Waals surface area contributed by atoms with Crippen molar-refractivity contribution < 1.29 is 4.79 Å². The Morgan fingerprint density at radius 1 is 1.53 bits per heavy atom. The topological polar surface area (TPSA) is 38.1 Å². The predicted molar refractivity (Wildman–Crippen MR) is 81.2 cm³/mol. The van der Waals surface area contributed by atoms with E-state index < -0.39 is 0 Å². The summed E-state index contributed by atoms with van der Waals surface area (Å²) in [6, 6.07) is 3.64. The van der Waals surface area contributed by atoms with Gasteiger partial charge in [0.05, 0.1) is 26.4 Å². The van der Waals surface area contributed by atoms with Gasteiger partial charge in [-0.3, -0.25) is 9.48 Å². The van der Waals surface area contributed by atoms with E-state index in [4.69, 9.17) is 11.6 Å². The minimum absolute atomic E-state index is 0.0862. The number of aromatic nitrogens is 2. The standard InChI is InChI=1S/C12H13BrClN3OS/c1-16(2)5-6-17-11(8(14)7-15-17)12(18)9-3-4-10(13)19-9/h3-4,7H,5-6H2,1-2H3. The van der Waals surface area contributed by atoms with Gasteiger partial charge in [0, 0.05) is 6.54 Å². The van der Waals surface area contributed by atoms with Gasteiger partial charge in [-0.25, -0.2) is 0 Å². The van der Waals surface area contributed by atoms with E-state index in [1.54, 1.807) is 10.7 Å². The Morgan fingerprint density at radius 3 is 2.84 bits per heavy atom. The number of carbonyl (C=O) groups excluding carboxylic acids is 1. The van der Waals surface area contributed by atoms with Gasteiger partial charge < -0.3 is 4.90 Å². The van der Waals surface area contributed by atoms with Crippen LogP contribution >= 0.6 is 38.9 Å². The third-order valence-corrected chi connectivity index (χ3v) is 4.46. The fourth-order valence-corrected chi connectivity index (χ4v) is 3.16. The molecule has 2 rings (SSSR count). The zero-order chi connectivity index (χ0) is 14.0. The Balaban J connectivity index is 2.28. The van der Waals surface area contributed by atoms with Crippen LogP contribution in [-0.2, 0) is 6.54 Å². The van der Waals surface area contributed by atoms with Gasteiger partial charge in [-0.15, -0.1) is 11.3 Å². The zero-order valence-corrected chi connectivity index (χ0v) is 13.7. The highest BCUT2D eigenvalue weighted by molar-refractivity contribution is 9.11. The van der Waals surface area contributed by atoms with E-state index in [2.05, 4.69) is 21.0 Å². The molecule has 0 aliphatic rings. The van der Waals surface area contributed by atoms with Crippen LogP contribution < -0.4 is 0 Å². The van der Waals surface area contributed by atoms with Crippen LogP contribution in [0.25, 0.3) is 0 Å². The molecule has 0 aliphatic heterocycles. The van der Waals surface area contributed by atoms with Crippen molar-refractivity contribution in [3.63, 3.8) is 0 Å². The first-order chi connectivity index (χ1) is 8.99. The summed E-state index contributed by atoms with van der Waals surface area (Å²) >= 11 is 10.8. The van der Waals surface area contributed by atoms with Crippen molar-refractivity contribution in [3.05, 3.63) is 37.7 Å². The molecule has 0 aromatic carbocycles. The van der Waals surface area contributed by atoms with E-state index in [0.29, 0.717) is 22.1 Å². The molecule has 19 heavy (non-hydrogen) atoms. The van der Waals surface area contributed by atoms with Crippen LogP contribution in [0.2, 0.25) is 5.02 Å². The van der Waals surface area contributed by atoms with Gasteiger partial charge in [0.15, 0.2) is 0 Å². The highest BCUT2D eigenvalue weighted by Crippen LogP contribution is 2.26. The molecule has 0 saturated heterocycles. The van der Waals surface area contributed by atoms with Crippen LogP contribution in [-0.4, -0.2) is 41.1 Å². The van der Waals surface area contributed by atoms with Crippen LogP contribution in [0.1, 0.15) is 15.4 Å². The molecule has 2 aromatic heterocycles. The molecule has 0 bridgehead atoms. The van der Waals surface area contributed by atoms with Crippen molar-refractivity contribution in [1.29, 1.82) is 0 Å². The quantitative estimate of drug-likeness (QED) is 0.767. The molecule has 2 heterocycles. The first-order valence-electron chi connectivity index (χ1n) is 5.65. The number of hydrogen-bond donors (Lipinski definition) is 0. The molecule has 0 N–H and O–H groups in total. The zero-order valence-electron chi connectivity index (χ0n) is 10.6. The van der Waals surface area contributed by atoms with E-state index in [1.807, 2.05) is 25.1 Å². The number of carbonyl (C=O) groups is 1. The van der Waals surface area contributed by atoms with Gasteiger partial charge in [0.1, 0.15) is 5.69 Å². The van der Waals surface area contributed by atoms with E-state index in [1.165, 1.54) is 17.5 Å². The molecule has 0 spiro atoms. The maximum atomic E-state index is 12.4. The summed E-state index contributed by atoms with van der Waals surface area (Å²) in [5, 5.41) is 4.57. The summed E-state index contributed by atoms with van der Waals surface area (Å²) in [5.41, 5.74) is 0.456. The Labute approximate surface area is 129 Å². The lowest BCUT2D eigenvalue weighted by atomic mass is 10.2. The molecular formula is C12H13BrClN3OS. The summed E-state index contributed by atoms with van der Waals surface area (Å²) in [6.07, 6.45) is 1.52. The summed E-state index contributed by atoms with van der Waals surface area (Å²) in [6.45, 7) is 1.43. The lowest BCUT2D eigenvalue weighted by molar-refractivity contribution is 0.103. The molecule has 102 valence electrons. The third kappa shape index (κ3) is 3.45. The normalized spacial score (nSPS) is 11.2. The Morgan fingerprint density at radius 2 is 2.26 bits per heavy atom. The van der Waals surface area contributed by atoms with Gasteiger partial charge in [0.25, 0.3) is 0 Å². The van der Waals surface area contributed by atoms with Crippen LogP contribution in [0.4, 0.5) is 0 Å². The second kappa shape index (κ2) is 6.17. The minimum Gasteiger partial charge on any atom is -0.308 e. The van der Waals surface area contributed by atoms with E-state index in [9.17, 15) is 4.79 Å². The SMILES string of the molecule is CN(C)CCn1ncc(Cl)c1C(=O)c1ccc(Br)s1. The second-order valence-electron chi connectivity index (χ2n) is 4.30. The van der Waals surface area contributed by atoms with Gasteiger partial charge in [-0.2, -0.15) is 5.10 Å². The Hall–Kier alpha value is -0.690. The second-order valence-corrected chi connectivity index (χ2v) is 7.17. The van der Waals surface area contributed by atoms with Crippen molar-refractivity contribution in [2.45, 2.75) is 6.54 Å². The number of halogens is 2. The van der Waals surface area contributed by atoms with Crippen LogP contribution in [0.5, 0.6) is 0 Å². The molecule has 0 radical (unpaired) electrons. The average molecular weight is 363 g/mol. The number of nitrogens with zero attached hydrogens (tertiary/aromatic N) is 3. The Kier molecular flexibility index (Phi) is 4.78. The van der Waals surface area contributed by atoms with Gasteiger partial charge >= 0.3 is 0 Å². The summed E-state index contributed by atoms with van der Waals surface area (Å²) < 4.78 is 2.59. The van der Waals surface area contributed by atoms with E-state index >= 15 is 0 Å². The maximum Gasteiger partial charge on any atom is 0.222 e. The number of rotatable bonds is 5. The molecule has 0 atom stereocenters. The first-order valence-corrected chi connectivity index (χ1v) is 7.64. The van der Waals surface area contributed by atoms with E-state index in [-0.39, 0.29) is 5.78 Å². The van der Waals surface area contributed by atoms with E-state index in [0.717, 1.165) is 10.3 Å². The molecule has 4 nitrogen and oxygen atoms in total. The number of thiophene rings is 1. The summed E-state index contributed by atoms with van der Waals surface area (Å²) in [5.74, 6) is -0.0862. The number of hydrogen-bond acceptors (Lipinski definition) is 4. The highest BCUT2D eigenvalue weighted by Gasteiger charge is 2.20. The molecule has 0 unspecified atom stereocenters. The third-order valence-electron chi connectivity index (χ3n) is 2.57. The molecule has 7 heteroatoms. The van der Waals surface area contributed by atoms with Crippen molar-refractivity contribution >= 4 is 44.7 Å². The average Bonchev–Trinajstić information content (AvgIpc) is 2.92. The van der Waals surface area contributed by atoms with Crippen molar-refractivity contribution in [2.24, 2.45) is 0 Å².